The highest BCUT2D eigenvalue weighted by Crippen LogP contribution is 2.20. The lowest BCUT2D eigenvalue weighted by molar-refractivity contribution is -0.133. The molecule has 1 aromatic heterocycles. The van der Waals surface area contributed by atoms with E-state index in [-0.39, 0.29) is 24.2 Å². The minimum Gasteiger partial charge on any atom is -0.339 e. The number of amides is 2. The Hall–Kier alpha value is -1.11. The van der Waals surface area contributed by atoms with Crippen LogP contribution in [-0.2, 0) is 4.79 Å². The maximum Gasteiger partial charge on any atom is 0.264 e. The van der Waals surface area contributed by atoms with Gasteiger partial charge in [-0.05, 0) is 57.3 Å². The van der Waals surface area contributed by atoms with Crippen LogP contribution in [0, 0.1) is 12.8 Å². The fourth-order valence-corrected chi connectivity index (χ4v) is 4.36. The van der Waals surface area contributed by atoms with Crippen LogP contribution in [0.1, 0.15) is 40.2 Å². The highest BCUT2D eigenvalue weighted by molar-refractivity contribution is 7.13. The van der Waals surface area contributed by atoms with Crippen molar-refractivity contribution in [3.63, 3.8) is 0 Å². The Morgan fingerprint density at radius 1 is 1.12 bits per heavy atom. The number of piperidine rings is 1. The number of aryl methyl sites for hydroxylation is 1. The van der Waals surface area contributed by atoms with Crippen LogP contribution >= 0.6 is 23.7 Å². The zero-order chi connectivity index (χ0) is 16.9. The van der Waals surface area contributed by atoms with Gasteiger partial charge in [0.05, 0.1) is 4.88 Å². The van der Waals surface area contributed by atoms with E-state index in [4.69, 9.17) is 0 Å². The molecule has 140 valence electrons. The number of carbonyl (C=O) groups excluding carboxylic acids is 2. The van der Waals surface area contributed by atoms with E-state index >= 15 is 0 Å². The summed E-state index contributed by atoms with van der Waals surface area (Å²) in [6.45, 7) is 6.82. The molecule has 2 aliphatic rings. The van der Waals surface area contributed by atoms with Gasteiger partial charge in [0.2, 0.25) is 5.91 Å². The van der Waals surface area contributed by atoms with Crippen LogP contribution in [0.4, 0.5) is 0 Å². The van der Waals surface area contributed by atoms with Gasteiger partial charge in [-0.1, -0.05) is 0 Å². The predicted molar refractivity (Wildman–Crippen MR) is 104 cm³/mol. The molecule has 3 rings (SSSR count). The Morgan fingerprint density at radius 2 is 1.76 bits per heavy atom. The Balaban J connectivity index is 0.00000225. The third kappa shape index (κ3) is 5.43. The lowest BCUT2D eigenvalue weighted by atomic mass is 9.93. The minimum atomic E-state index is 0. The standard InChI is InChI=1S/C18H27N3O2S.ClH/c1-14-2-4-16(24-14)18(23)21-12-10-20(11-13-21)17(22)5-3-15-6-8-19-9-7-15;/h2,4,15,19H,3,5-13H2,1H3;1H. The van der Waals surface area contributed by atoms with Crippen LogP contribution in [0.3, 0.4) is 0 Å². The van der Waals surface area contributed by atoms with Gasteiger partial charge in [-0.2, -0.15) is 0 Å². The zero-order valence-electron chi connectivity index (χ0n) is 14.8. The fourth-order valence-electron chi connectivity index (χ4n) is 3.52. The first kappa shape index (κ1) is 20.2. The molecule has 0 bridgehead atoms. The van der Waals surface area contributed by atoms with Crippen LogP contribution < -0.4 is 5.32 Å². The van der Waals surface area contributed by atoms with Gasteiger partial charge < -0.3 is 15.1 Å². The number of thiophene rings is 1. The van der Waals surface area contributed by atoms with E-state index < -0.39 is 0 Å². The zero-order valence-corrected chi connectivity index (χ0v) is 16.5. The molecule has 5 nitrogen and oxygen atoms in total. The molecule has 3 heterocycles. The minimum absolute atomic E-state index is 0. The summed E-state index contributed by atoms with van der Waals surface area (Å²) < 4.78 is 0. The van der Waals surface area contributed by atoms with Crippen molar-refractivity contribution >= 4 is 35.6 Å². The van der Waals surface area contributed by atoms with Gasteiger partial charge in [-0.15, -0.1) is 23.7 Å². The van der Waals surface area contributed by atoms with Gasteiger partial charge in [-0.25, -0.2) is 0 Å². The first-order chi connectivity index (χ1) is 11.6. The van der Waals surface area contributed by atoms with Gasteiger partial charge in [-0.3, -0.25) is 9.59 Å². The van der Waals surface area contributed by atoms with E-state index in [1.165, 1.54) is 12.8 Å². The number of piperazine rings is 1. The summed E-state index contributed by atoms with van der Waals surface area (Å²) in [5.74, 6) is 1.06. The van der Waals surface area contributed by atoms with Crippen LogP contribution in [-0.4, -0.2) is 60.9 Å². The molecule has 0 spiro atoms. The fraction of sp³-hybridized carbons (Fsp3) is 0.667. The second kappa shape index (κ2) is 9.55. The molecule has 0 aromatic carbocycles. The van der Waals surface area contributed by atoms with Gasteiger partial charge in [0.15, 0.2) is 0 Å². The number of hydrogen-bond donors (Lipinski definition) is 1. The lowest BCUT2D eigenvalue weighted by Gasteiger charge is -2.35. The van der Waals surface area contributed by atoms with Gasteiger partial charge >= 0.3 is 0 Å². The number of rotatable bonds is 4. The summed E-state index contributed by atoms with van der Waals surface area (Å²) in [6.07, 6.45) is 4.04. The molecule has 0 radical (unpaired) electrons. The average Bonchev–Trinajstić information content (AvgIpc) is 3.06. The van der Waals surface area contributed by atoms with E-state index in [9.17, 15) is 9.59 Å². The Morgan fingerprint density at radius 3 is 2.36 bits per heavy atom. The summed E-state index contributed by atoms with van der Waals surface area (Å²) in [4.78, 5) is 30.6. The second-order valence-electron chi connectivity index (χ2n) is 6.82. The summed E-state index contributed by atoms with van der Waals surface area (Å²) in [5.41, 5.74) is 0. The molecule has 0 unspecified atom stereocenters. The van der Waals surface area contributed by atoms with Gasteiger partial charge in [0.1, 0.15) is 0 Å². The maximum absolute atomic E-state index is 12.4. The number of nitrogens with one attached hydrogen (secondary N) is 1. The van der Waals surface area contributed by atoms with E-state index in [1.807, 2.05) is 28.9 Å². The first-order valence-corrected chi connectivity index (χ1v) is 9.79. The quantitative estimate of drug-likeness (QED) is 0.866. The normalized spacial score (nSPS) is 18.8. The molecule has 2 saturated heterocycles. The molecular formula is C18H28ClN3O2S. The van der Waals surface area contributed by atoms with Gasteiger partial charge in [0.25, 0.3) is 5.91 Å². The molecule has 0 saturated carbocycles. The van der Waals surface area contributed by atoms with Crippen molar-refractivity contribution in [1.29, 1.82) is 0 Å². The van der Waals surface area contributed by atoms with Crippen LogP contribution in [0.2, 0.25) is 0 Å². The van der Waals surface area contributed by atoms with Crippen molar-refractivity contribution in [1.82, 2.24) is 15.1 Å². The second-order valence-corrected chi connectivity index (χ2v) is 8.10. The Labute approximate surface area is 160 Å². The third-order valence-electron chi connectivity index (χ3n) is 5.10. The Bertz CT molecular complexity index is 579. The summed E-state index contributed by atoms with van der Waals surface area (Å²) in [7, 11) is 0. The number of hydrogen-bond acceptors (Lipinski definition) is 4. The molecule has 2 aliphatic heterocycles. The van der Waals surface area contributed by atoms with Crippen molar-refractivity contribution in [2.75, 3.05) is 39.3 Å². The van der Waals surface area contributed by atoms with Crippen molar-refractivity contribution < 1.29 is 9.59 Å². The van der Waals surface area contributed by atoms with Gasteiger partial charge in [0, 0.05) is 37.5 Å². The molecule has 25 heavy (non-hydrogen) atoms. The number of carbonyl (C=O) groups is 2. The first-order valence-electron chi connectivity index (χ1n) is 8.97. The van der Waals surface area contributed by atoms with Crippen LogP contribution in [0.25, 0.3) is 0 Å². The molecule has 2 fully saturated rings. The molecule has 1 aromatic rings. The lowest BCUT2D eigenvalue weighted by Crippen LogP contribution is -2.50. The van der Waals surface area contributed by atoms with E-state index in [1.54, 1.807) is 11.3 Å². The summed E-state index contributed by atoms with van der Waals surface area (Å²) in [5, 5.41) is 3.36. The largest absolute Gasteiger partial charge is 0.339 e. The predicted octanol–water partition coefficient (Wildman–Crippen LogP) is 2.54. The molecule has 2 amide bonds. The molecule has 0 atom stereocenters. The monoisotopic (exact) mass is 385 g/mol. The third-order valence-corrected chi connectivity index (χ3v) is 6.08. The average molecular weight is 386 g/mol. The Kier molecular flexibility index (Phi) is 7.72. The van der Waals surface area contributed by atoms with Crippen molar-refractivity contribution in [3.05, 3.63) is 21.9 Å². The number of nitrogens with zero attached hydrogens (tertiary/aromatic N) is 2. The molecular weight excluding hydrogens is 358 g/mol. The van der Waals surface area contributed by atoms with Crippen LogP contribution in [0.15, 0.2) is 12.1 Å². The molecule has 1 N–H and O–H groups in total. The summed E-state index contributed by atoms with van der Waals surface area (Å²) in [6, 6.07) is 3.89. The van der Waals surface area contributed by atoms with Crippen molar-refractivity contribution in [2.45, 2.75) is 32.6 Å². The van der Waals surface area contributed by atoms with Crippen molar-refractivity contribution in [2.24, 2.45) is 5.92 Å². The molecule has 7 heteroatoms. The highest BCUT2D eigenvalue weighted by Gasteiger charge is 2.26. The smallest absolute Gasteiger partial charge is 0.264 e. The van der Waals surface area contributed by atoms with E-state index in [0.717, 1.165) is 29.3 Å². The highest BCUT2D eigenvalue weighted by atomic mass is 35.5. The van der Waals surface area contributed by atoms with Crippen molar-refractivity contribution in [3.8, 4) is 0 Å². The summed E-state index contributed by atoms with van der Waals surface area (Å²) >= 11 is 1.54. The topological polar surface area (TPSA) is 52.7 Å². The number of halogens is 1. The van der Waals surface area contributed by atoms with Crippen LogP contribution in [0.5, 0.6) is 0 Å². The van der Waals surface area contributed by atoms with E-state index in [0.29, 0.717) is 38.5 Å². The molecule has 0 aliphatic carbocycles. The maximum atomic E-state index is 12.4. The SMILES string of the molecule is Cc1ccc(C(=O)N2CCN(C(=O)CCC3CCNCC3)CC2)s1.Cl. The van der Waals surface area contributed by atoms with E-state index in [2.05, 4.69) is 5.32 Å².